The molecule has 1 aromatic carbocycles. The molecule has 0 radical (unpaired) electrons. The maximum Gasteiger partial charge on any atom is 0.0669 e. The van der Waals surface area contributed by atoms with E-state index in [1.165, 1.54) is 15.3 Å². The second kappa shape index (κ2) is 5.90. The van der Waals surface area contributed by atoms with Crippen molar-refractivity contribution in [2.24, 2.45) is 0 Å². The van der Waals surface area contributed by atoms with E-state index in [1.807, 2.05) is 35.6 Å². The van der Waals surface area contributed by atoms with Gasteiger partial charge in [0.1, 0.15) is 0 Å². The minimum absolute atomic E-state index is 0.298. The van der Waals surface area contributed by atoms with Gasteiger partial charge >= 0.3 is 0 Å². The maximum absolute atomic E-state index is 8.65. The molecular formula is C16H18N2S. The van der Waals surface area contributed by atoms with Crippen molar-refractivity contribution in [1.82, 2.24) is 0 Å². The van der Waals surface area contributed by atoms with Gasteiger partial charge in [0.2, 0.25) is 0 Å². The van der Waals surface area contributed by atoms with Crippen LogP contribution in [0, 0.1) is 25.2 Å². The summed E-state index contributed by atoms with van der Waals surface area (Å²) >= 11 is 1.84. The van der Waals surface area contributed by atoms with Gasteiger partial charge in [0.05, 0.1) is 12.5 Å². The van der Waals surface area contributed by atoms with Crippen LogP contribution >= 0.6 is 11.3 Å². The molecule has 0 saturated heterocycles. The lowest BCUT2D eigenvalue weighted by molar-refractivity contribution is 0.881. The van der Waals surface area contributed by atoms with Gasteiger partial charge in [-0.15, -0.1) is 11.3 Å². The highest BCUT2D eigenvalue weighted by Crippen LogP contribution is 2.28. The highest BCUT2D eigenvalue weighted by Gasteiger charge is 2.10. The average Bonchev–Trinajstić information content (AvgIpc) is 2.71. The van der Waals surface area contributed by atoms with E-state index in [0.717, 1.165) is 11.3 Å². The molecule has 2 nitrogen and oxygen atoms in total. The van der Waals surface area contributed by atoms with Crippen LogP contribution in [0.4, 0.5) is 5.69 Å². The van der Waals surface area contributed by atoms with Crippen LogP contribution in [0.1, 0.15) is 33.8 Å². The third-order valence-electron chi connectivity index (χ3n) is 3.17. The summed E-state index contributed by atoms with van der Waals surface area (Å²) in [6.07, 6.45) is 0.471. The van der Waals surface area contributed by atoms with Crippen LogP contribution in [0.3, 0.4) is 0 Å². The molecule has 2 rings (SSSR count). The lowest BCUT2D eigenvalue weighted by Crippen LogP contribution is -2.06. The summed E-state index contributed by atoms with van der Waals surface area (Å²) in [6, 6.07) is 12.8. The second-order valence-electron chi connectivity index (χ2n) is 4.77. The summed E-state index contributed by atoms with van der Waals surface area (Å²) in [4.78, 5) is 2.73. The van der Waals surface area contributed by atoms with E-state index in [1.54, 1.807) is 0 Å². The summed E-state index contributed by atoms with van der Waals surface area (Å²) in [7, 11) is 0. The first-order valence-electron chi connectivity index (χ1n) is 6.39. The third kappa shape index (κ3) is 3.36. The van der Waals surface area contributed by atoms with Gasteiger partial charge in [0, 0.05) is 21.5 Å². The number of benzene rings is 1. The fourth-order valence-electron chi connectivity index (χ4n) is 2.22. The molecule has 0 amide bonds. The Hall–Kier alpha value is -1.79. The number of hydrogen-bond acceptors (Lipinski definition) is 3. The largest absolute Gasteiger partial charge is 0.378 e. The van der Waals surface area contributed by atoms with Crippen molar-refractivity contribution in [3.05, 3.63) is 51.2 Å². The molecule has 0 fully saturated rings. The average molecular weight is 270 g/mol. The molecule has 1 N–H and O–H groups in total. The van der Waals surface area contributed by atoms with Crippen LogP contribution in [-0.2, 0) is 6.42 Å². The number of nitrogens with one attached hydrogen (secondary N) is 1. The van der Waals surface area contributed by atoms with Gasteiger partial charge in [-0.05, 0) is 50.1 Å². The van der Waals surface area contributed by atoms with Crippen LogP contribution < -0.4 is 5.32 Å². The highest BCUT2D eigenvalue weighted by molar-refractivity contribution is 7.12. The minimum atomic E-state index is 0.298. The molecule has 0 spiro atoms. The number of anilines is 1. The zero-order valence-corrected chi connectivity index (χ0v) is 12.3. The van der Waals surface area contributed by atoms with E-state index in [-0.39, 0.29) is 0 Å². The van der Waals surface area contributed by atoms with Gasteiger partial charge in [-0.25, -0.2) is 0 Å². The Morgan fingerprint density at radius 2 is 1.95 bits per heavy atom. The molecule has 1 atom stereocenters. The molecule has 0 bridgehead atoms. The Bertz CT molecular complexity index is 590. The van der Waals surface area contributed by atoms with Crippen molar-refractivity contribution in [3.8, 4) is 6.07 Å². The van der Waals surface area contributed by atoms with Crippen LogP contribution in [0.15, 0.2) is 30.3 Å². The minimum Gasteiger partial charge on any atom is -0.378 e. The summed E-state index contributed by atoms with van der Waals surface area (Å²) < 4.78 is 0. The number of nitriles is 1. The molecule has 0 aliphatic rings. The topological polar surface area (TPSA) is 35.8 Å². The standard InChI is InChI=1S/C16H18N2S/c1-11-10-16(13(3)19-11)12(2)18-15-6-4-14(5-7-15)8-9-17/h4-7,10,12,18H,8H2,1-3H3. The third-order valence-corrected chi connectivity index (χ3v) is 4.15. The second-order valence-corrected chi connectivity index (χ2v) is 6.23. The van der Waals surface area contributed by atoms with Crippen molar-refractivity contribution in [1.29, 1.82) is 5.26 Å². The van der Waals surface area contributed by atoms with Crippen molar-refractivity contribution < 1.29 is 0 Å². The molecule has 98 valence electrons. The maximum atomic E-state index is 8.65. The van der Waals surface area contributed by atoms with Crippen molar-refractivity contribution >= 4 is 17.0 Å². The van der Waals surface area contributed by atoms with E-state index in [4.69, 9.17) is 5.26 Å². The van der Waals surface area contributed by atoms with Gasteiger partial charge in [0.15, 0.2) is 0 Å². The van der Waals surface area contributed by atoms with Crippen LogP contribution in [0.25, 0.3) is 0 Å². The van der Waals surface area contributed by atoms with Crippen molar-refractivity contribution in [2.75, 3.05) is 5.32 Å². The first-order chi connectivity index (χ1) is 9.10. The predicted molar refractivity (Wildman–Crippen MR) is 81.6 cm³/mol. The van der Waals surface area contributed by atoms with Crippen LogP contribution in [-0.4, -0.2) is 0 Å². The molecule has 1 unspecified atom stereocenters. The molecule has 19 heavy (non-hydrogen) atoms. The number of rotatable bonds is 4. The fourth-order valence-corrected chi connectivity index (χ4v) is 3.24. The summed E-state index contributed by atoms with van der Waals surface area (Å²) in [5, 5.41) is 12.2. The van der Waals surface area contributed by atoms with Crippen molar-refractivity contribution in [2.45, 2.75) is 33.2 Å². The smallest absolute Gasteiger partial charge is 0.0669 e. The molecule has 2 aromatic rings. The SMILES string of the molecule is Cc1cc(C(C)Nc2ccc(CC#N)cc2)c(C)s1. The molecule has 0 saturated carbocycles. The van der Waals surface area contributed by atoms with Crippen LogP contribution in [0.2, 0.25) is 0 Å². The van der Waals surface area contributed by atoms with Gasteiger partial charge in [-0.1, -0.05) is 12.1 Å². The Labute approximate surface area is 118 Å². The van der Waals surface area contributed by atoms with Gasteiger partial charge < -0.3 is 5.32 Å². The Balaban J connectivity index is 2.08. The van der Waals surface area contributed by atoms with Gasteiger partial charge in [0.25, 0.3) is 0 Å². The Kier molecular flexibility index (Phi) is 4.24. The number of hydrogen-bond donors (Lipinski definition) is 1. The number of nitrogens with zero attached hydrogens (tertiary/aromatic N) is 1. The van der Waals surface area contributed by atoms with E-state index in [0.29, 0.717) is 12.5 Å². The molecule has 0 aliphatic carbocycles. The molecule has 1 heterocycles. The summed E-state index contributed by atoms with van der Waals surface area (Å²) in [5.74, 6) is 0. The van der Waals surface area contributed by atoms with E-state index < -0.39 is 0 Å². The van der Waals surface area contributed by atoms with E-state index in [9.17, 15) is 0 Å². The molecule has 0 aliphatic heterocycles. The summed E-state index contributed by atoms with van der Waals surface area (Å²) in [6.45, 7) is 6.49. The number of thiophene rings is 1. The van der Waals surface area contributed by atoms with Gasteiger partial charge in [-0.2, -0.15) is 5.26 Å². The molecule has 3 heteroatoms. The lowest BCUT2D eigenvalue weighted by Gasteiger charge is -2.15. The number of aryl methyl sites for hydroxylation is 2. The lowest BCUT2D eigenvalue weighted by atomic mass is 10.1. The van der Waals surface area contributed by atoms with E-state index >= 15 is 0 Å². The van der Waals surface area contributed by atoms with E-state index in [2.05, 4.69) is 38.2 Å². The zero-order valence-electron chi connectivity index (χ0n) is 11.5. The quantitative estimate of drug-likeness (QED) is 0.881. The normalized spacial score (nSPS) is 11.9. The monoisotopic (exact) mass is 270 g/mol. The predicted octanol–water partition coefficient (Wildman–Crippen LogP) is 4.60. The first-order valence-corrected chi connectivity index (χ1v) is 7.21. The van der Waals surface area contributed by atoms with Crippen LogP contribution in [0.5, 0.6) is 0 Å². The Morgan fingerprint density at radius 1 is 1.26 bits per heavy atom. The highest BCUT2D eigenvalue weighted by atomic mass is 32.1. The van der Waals surface area contributed by atoms with Gasteiger partial charge in [-0.3, -0.25) is 0 Å². The Morgan fingerprint density at radius 3 is 2.47 bits per heavy atom. The molecular weight excluding hydrogens is 252 g/mol. The zero-order chi connectivity index (χ0) is 13.8. The van der Waals surface area contributed by atoms with Crippen molar-refractivity contribution in [3.63, 3.8) is 0 Å². The fraction of sp³-hybridized carbons (Fsp3) is 0.312. The summed E-state index contributed by atoms with van der Waals surface area (Å²) in [5.41, 5.74) is 3.52. The molecule has 1 aromatic heterocycles. The first kappa shape index (κ1) is 13.6.